The molecule has 0 bridgehead atoms. The molecule has 0 aliphatic carbocycles. The van der Waals surface area contributed by atoms with Crippen molar-refractivity contribution in [1.29, 1.82) is 0 Å². The molecule has 0 aliphatic rings. The molecule has 0 radical (unpaired) electrons. The molecule has 5 heteroatoms. The minimum atomic E-state index is -0.507. The highest BCUT2D eigenvalue weighted by Crippen LogP contribution is 1.85. The van der Waals surface area contributed by atoms with Crippen LogP contribution in [0, 0.1) is 0 Å². The first kappa shape index (κ1) is 10.1. The van der Waals surface area contributed by atoms with Gasteiger partial charge in [0.2, 0.25) is 0 Å². The Morgan fingerprint density at radius 1 is 1.60 bits per heavy atom. The van der Waals surface area contributed by atoms with E-state index in [0.717, 1.165) is 4.43 Å². The SMILES string of the molecule is COCC(=O)OOCCI. The van der Waals surface area contributed by atoms with E-state index in [-0.39, 0.29) is 6.61 Å². The molecule has 0 rings (SSSR count). The topological polar surface area (TPSA) is 44.8 Å². The number of hydrogen-bond acceptors (Lipinski definition) is 4. The van der Waals surface area contributed by atoms with Crippen molar-refractivity contribution >= 4 is 28.6 Å². The molecular formula is C5H9IO4. The molecule has 0 N–H and O–H groups in total. The average molecular weight is 260 g/mol. The smallest absolute Gasteiger partial charge is 0.367 e. The van der Waals surface area contributed by atoms with E-state index in [4.69, 9.17) is 0 Å². The number of ether oxygens (including phenoxy) is 1. The highest BCUT2D eigenvalue weighted by atomic mass is 127. The van der Waals surface area contributed by atoms with Gasteiger partial charge in [-0.2, -0.15) is 4.89 Å². The second-order valence-electron chi connectivity index (χ2n) is 1.40. The zero-order chi connectivity index (χ0) is 7.82. The van der Waals surface area contributed by atoms with Gasteiger partial charge in [0.05, 0.1) is 0 Å². The summed E-state index contributed by atoms with van der Waals surface area (Å²) in [5.41, 5.74) is 0. The maximum Gasteiger partial charge on any atom is 0.367 e. The Balaban J connectivity index is 3.05. The number of methoxy groups -OCH3 is 1. The lowest BCUT2D eigenvalue weighted by molar-refractivity contribution is -0.270. The van der Waals surface area contributed by atoms with Crippen LogP contribution in [0.3, 0.4) is 0 Å². The van der Waals surface area contributed by atoms with Crippen LogP contribution in [-0.4, -0.2) is 30.7 Å². The van der Waals surface area contributed by atoms with Crippen molar-refractivity contribution in [3.05, 3.63) is 0 Å². The van der Waals surface area contributed by atoms with E-state index in [9.17, 15) is 4.79 Å². The van der Waals surface area contributed by atoms with Crippen molar-refractivity contribution in [3.63, 3.8) is 0 Å². The standard InChI is InChI=1S/C5H9IO4/c1-8-4-5(7)10-9-3-2-6/h2-4H2,1H3. The van der Waals surface area contributed by atoms with Gasteiger partial charge in [0.15, 0.2) is 0 Å². The van der Waals surface area contributed by atoms with Gasteiger partial charge >= 0.3 is 5.97 Å². The van der Waals surface area contributed by atoms with E-state index in [0.29, 0.717) is 6.61 Å². The van der Waals surface area contributed by atoms with Crippen molar-refractivity contribution in [2.45, 2.75) is 0 Å². The molecule has 0 heterocycles. The molecular weight excluding hydrogens is 251 g/mol. The summed E-state index contributed by atoms with van der Waals surface area (Å²) in [5, 5.41) is 0. The highest BCUT2D eigenvalue weighted by molar-refractivity contribution is 14.1. The van der Waals surface area contributed by atoms with Crippen LogP contribution in [0.2, 0.25) is 0 Å². The Labute approximate surface area is 72.9 Å². The lowest BCUT2D eigenvalue weighted by Crippen LogP contribution is -2.12. The quantitative estimate of drug-likeness (QED) is 0.238. The first-order valence-electron chi connectivity index (χ1n) is 2.68. The highest BCUT2D eigenvalue weighted by Gasteiger charge is 2.00. The summed E-state index contributed by atoms with van der Waals surface area (Å²) < 4.78 is 5.27. The minimum absolute atomic E-state index is 0.0682. The zero-order valence-corrected chi connectivity index (χ0v) is 7.79. The van der Waals surface area contributed by atoms with Crippen LogP contribution >= 0.6 is 22.6 Å². The van der Waals surface area contributed by atoms with E-state index in [1.54, 1.807) is 0 Å². The number of rotatable bonds is 5. The number of carbonyl (C=O) groups excluding carboxylic acids is 1. The van der Waals surface area contributed by atoms with Crippen molar-refractivity contribution < 1.29 is 19.3 Å². The van der Waals surface area contributed by atoms with E-state index < -0.39 is 5.97 Å². The Kier molecular flexibility index (Phi) is 7.32. The van der Waals surface area contributed by atoms with Gasteiger partial charge in [0.1, 0.15) is 13.2 Å². The Bertz CT molecular complexity index is 95.6. The van der Waals surface area contributed by atoms with Crippen LogP contribution in [0.1, 0.15) is 0 Å². The van der Waals surface area contributed by atoms with Crippen LogP contribution < -0.4 is 0 Å². The first-order valence-corrected chi connectivity index (χ1v) is 4.21. The zero-order valence-electron chi connectivity index (χ0n) is 5.63. The lowest BCUT2D eigenvalue weighted by Gasteiger charge is -1.99. The molecule has 10 heavy (non-hydrogen) atoms. The fraction of sp³-hybridized carbons (Fsp3) is 0.800. The normalized spacial score (nSPS) is 9.40. The summed E-state index contributed by atoms with van der Waals surface area (Å²) >= 11 is 2.11. The molecule has 0 spiro atoms. The third-order valence-electron chi connectivity index (χ3n) is 0.575. The van der Waals surface area contributed by atoms with Crippen LogP contribution in [0.4, 0.5) is 0 Å². The predicted molar refractivity (Wildman–Crippen MR) is 42.8 cm³/mol. The monoisotopic (exact) mass is 260 g/mol. The van der Waals surface area contributed by atoms with Gasteiger partial charge < -0.3 is 4.74 Å². The molecule has 0 amide bonds. The Morgan fingerprint density at radius 3 is 2.80 bits per heavy atom. The van der Waals surface area contributed by atoms with E-state index >= 15 is 0 Å². The Morgan fingerprint density at radius 2 is 2.30 bits per heavy atom. The molecule has 0 atom stereocenters. The fourth-order valence-corrected chi connectivity index (χ4v) is 0.461. The lowest BCUT2D eigenvalue weighted by atomic mass is 10.7. The number of alkyl halides is 1. The number of carbonyl (C=O) groups is 1. The molecule has 0 aromatic heterocycles. The maximum absolute atomic E-state index is 10.4. The summed E-state index contributed by atoms with van der Waals surface area (Å²) in [6.07, 6.45) is 0. The summed E-state index contributed by atoms with van der Waals surface area (Å²) in [6.45, 7) is 0.345. The largest absolute Gasteiger partial charge is 0.373 e. The van der Waals surface area contributed by atoms with Gasteiger partial charge in [-0.25, -0.2) is 4.79 Å². The number of hydrogen-bond donors (Lipinski definition) is 0. The maximum atomic E-state index is 10.4. The van der Waals surface area contributed by atoms with Gasteiger partial charge in [-0.05, 0) is 0 Å². The van der Waals surface area contributed by atoms with Crippen LogP contribution in [0.5, 0.6) is 0 Å². The van der Waals surface area contributed by atoms with Crippen molar-refractivity contribution in [3.8, 4) is 0 Å². The van der Waals surface area contributed by atoms with Crippen molar-refractivity contribution in [1.82, 2.24) is 0 Å². The molecule has 60 valence electrons. The van der Waals surface area contributed by atoms with Gasteiger partial charge in [-0.3, -0.25) is 4.89 Å². The molecule has 4 nitrogen and oxygen atoms in total. The van der Waals surface area contributed by atoms with Gasteiger partial charge in [0, 0.05) is 11.5 Å². The van der Waals surface area contributed by atoms with Gasteiger partial charge in [0.25, 0.3) is 0 Å². The summed E-state index contributed by atoms with van der Waals surface area (Å²) in [5.74, 6) is -0.507. The number of halogens is 1. The van der Waals surface area contributed by atoms with Crippen LogP contribution in [0.15, 0.2) is 0 Å². The third-order valence-corrected chi connectivity index (χ3v) is 1.01. The molecule has 0 aromatic carbocycles. The van der Waals surface area contributed by atoms with E-state index in [2.05, 4.69) is 37.1 Å². The van der Waals surface area contributed by atoms with E-state index in [1.807, 2.05) is 0 Å². The van der Waals surface area contributed by atoms with Crippen molar-refractivity contribution in [2.24, 2.45) is 0 Å². The molecule has 0 saturated heterocycles. The minimum Gasteiger partial charge on any atom is -0.373 e. The second kappa shape index (κ2) is 7.23. The van der Waals surface area contributed by atoms with Crippen LogP contribution in [0.25, 0.3) is 0 Å². The van der Waals surface area contributed by atoms with Gasteiger partial charge in [-0.1, -0.05) is 22.6 Å². The average Bonchev–Trinajstić information content (AvgIpc) is 1.89. The van der Waals surface area contributed by atoms with Crippen LogP contribution in [-0.2, 0) is 19.3 Å². The fourth-order valence-electron chi connectivity index (χ4n) is 0.281. The van der Waals surface area contributed by atoms with Gasteiger partial charge in [-0.15, -0.1) is 0 Å². The third kappa shape index (κ3) is 6.24. The molecule has 0 unspecified atom stereocenters. The molecule has 0 saturated carbocycles. The molecule has 0 fully saturated rings. The second-order valence-corrected chi connectivity index (χ2v) is 2.48. The predicted octanol–water partition coefficient (Wildman–Crippen LogP) is 0.543. The molecule has 0 aliphatic heterocycles. The summed E-state index contributed by atoms with van der Waals surface area (Å²) in [4.78, 5) is 19.2. The van der Waals surface area contributed by atoms with E-state index in [1.165, 1.54) is 7.11 Å². The first-order chi connectivity index (χ1) is 4.81. The summed E-state index contributed by atoms with van der Waals surface area (Å²) in [6, 6.07) is 0. The Hall–Kier alpha value is 0.120. The molecule has 0 aromatic rings. The summed E-state index contributed by atoms with van der Waals surface area (Å²) in [7, 11) is 1.42. The van der Waals surface area contributed by atoms with Crippen molar-refractivity contribution in [2.75, 3.05) is 24.8 Å².